The van der Waals surface area contributed by atoms with Gasteiger partial charge in [-0.05, 0) is 18.6 Å². The first kappa shape index (κ1) is 14.4. The lowest BCUT2D eigenvalue weighted by atomic mass is 10.1. The number of aromatic nitrogens is 1. The monoisotopic (exact) mass is 296 g/mol. The van der Waals surface area contributed by atoms with Crippen LogP contribution >= 0.6 is 0 Å². The third-order valence-corrected chi connectivity index (χ3v) is 3.65. The highest BCUT2D eigenvalue weighted by Crippen LogP contribution is 2.23. The summed E-state index contributed by atoms with van der Waals surface area (Å²) >= 11 is 0. The molecular formula is C17H16N2O3. The van der Waals surface area contributed by atoms with Crippen LogP contribution in [0.4, 0.5) is 0 Å². The van der Waals surface area contributed by atoms with Crippen LogP contribution in [0.2, 0.25) is 0 Å². The average Bonchev–Trinajstić information content (AvgIpc) is 3.03. The SMILES string of the molecule is COC(=O)[C@@H]1CC(C#COc2ccnc3ccccc23)CN1. The topological polar surface area (TPSA) is 60.5 Å². The number of ether oxygens (including phenoxy) is 2. The molecule has 2 atom stereocenters. The molecule has 0 aliphatic carbocycles. The predicted molar refractivity (Wildman–Crippen MR) is 82.1 cm³/mol. The number of hydrogen-bond donors (Lipinski definition) is 1. The molecule has 1 aromatic heterocycles. The Morgan fingerprint density at radius 2 is 2.23 bits per heavy atom. The number of para-hydroxylation sites is 1. The van der Waals surface area contributed by atoms with E-state index in [1.807, 2.05) is 24.3 Å². The van der Waals surface area contributed by atoms with E-state index in [2.05, 4.69) is 22.3 Å². The number of nitrogens with one attached hydrogen (secondary N) is 1. The number of benzene rings is 1. The molecular weight excluding hydrogens is 280 g/mol. The van der Waals surface area contributed by atoms with Crippen LogP contribution < -0.4 is 10.1 Å². The third kappa shape index (κ3) is 3.02. The summed E-state index contributed by atoms with van der Waals surface area (Å²) in [6, 6.07) is 9.27. The average molecular weight is 296 g/mol. The highest BCUT2D eigenvalue weighted by Gasteiger charge is 2.29. The van der Waals surface area contributed by atoms with E-state index < -0.39 is 0 Å². The van der Waals surface area contributed by atoms with Crippen LogP contribution in [-0.2, 0) is 9.53 Å². The molecule has 3 rings (SSSR count). The summed E-state index contributed by atoms with van der Waals surface area (Å²) in [5, 5.41) is 4.02. The lowest BCUT2D eigenvalue weighted by molar-refractivity contribution is -0.142. The van der Waals surface area contributed by atoms with Gasteiger partial charge in [-0.2, -0.15) is 0 Å². The lowest BCUT2D eigenvalue weighted by Crippen LogP contribution is -2.31. The molecule has 1 aliphatic rings. The zero-order valence-corrected chi connectivity index (χ0v) is 12.2. The Bertz CT molecular complexity index is 743. The Balaban J connectivity index is 1.67. The normalized spacial score (nSPS) is 20.2. The lowest BCUT2D eigenvalue weighted by Gasteiger charge is -2.05. The van der Waals surface area contributed by atoms with E-state index in [0.717, 1.165) is 10.9 Å². The number of hydrogen-bond acceptors (Lipinski definition) is 5. The van der Waals surface area contributed by atoms with Crippen LogP contribution in [-0.4, -0.2) is 30.6 Å². The van der Waals surface area contributed by atoms with Gasteiger partial charge in [-0.1, -0.05) is 18.1 Å². The van der Waals surface area contributed by atoms with Crippen LogP contribution in [0.5, 0.6) is 5.75 Å². The maximum Gasteiger partial charge on any atom is 0.322 e. The second-order valence-electron chi connectivity index (χ2n) is 5.09. The molecule has 0 saturated carbocycles. The summed E-state index contributed by atoms with van der Waals surface area (Å²) in [4.78, 5) is 15.7. The minimum absolute atomic E-state index is 0.0807. The first-order valence-electron chi connectivity index (χ1n) is 7.10. The fourth-order valence-corrected chi connectivity index (χ4v) is 2.49. The summed E-state index contributed by atoms with van der Waals surface area (Å²) in [7, 11) is 1.39. The van der Waals surface area contributed by atoms with Crippen molar-refractivity contribution in [1.29, 1.82) is 0 Å². The number of carbonyl (C=O) groups is 1. The summed E-state index contributed by atoms with van der Waals surface area (Å²) in [6.07, 6.45) is 5.08. The number of rotatable bonds is 2. The van der Waals surface area contributed by atoms with Gasteiger partial charge in [0.1, 0.15) is 12.1 Å². The molecule has 1 aromatic carbocycles. The fraction of sp³-hybridized carbons (Fsp3) is 0.294. The molecule has 1 fully saturated rings. The van der Waals surface area contributed by atoms with Crippen LogP contribution in [0.15, 0.2) is 36.5 Å². The van der Waals surface area contributed by atoms with Gasteiger partial charge in [0.25, 0.3) is 0 Å². The van der Waals surface area contributed by atoms with Crippen molar-refractivity contribution in [2.24, 2.45) is 5.92 Å². The molecule has 5 nitrogen and oxygen atoms in total. The molecule has 1 aliphatic heterocycles. The second kappa shape index (κ2) is 6.46. The quantitative estimate of drug-likeness (QED) is 0.675. The molecule has 1 N–H and O–H groups in total. The minimum Gasteiger partial charge on any atom is -0.468 e. The van der Waals surface area contributed by atoms with Gasteiger partial charge in [0.2, 0.25) is 0 Å². The van der Waals surface area contributed by atoms with Gasteiger partial charge in [0.15, 0.2) is 5.75 Å². The van der Waals surface area contributed by atoms with E-state index in [1.165, 1.54) is 7.11 Å². The van der Waals surface area contributed by atoms with Crippen LogP contribution in [0.1, 0.15) is 6.42 Å². The number of fused-ring (bicyclic) bond motifs is 1. The molecule has 2 heterocycles. The van der Waals surface area contributed by atoms with E-state index in [0.29, 0.717) is 18.7 Å². The smallest absolute Gasteiger partial charge is 0.322 e. The van der Waals surface area contributed by atoms with Gasteiger partial charge < -0.3 is 14.8 Å². The maximum absolute atomic E-state index is 11.4. The Kier molecular flexibility index (Phi) is 4.22. The molecule has 0 spiro atoms. The molecule has 0 radical (unpaired) electrons. The van der Waals surface area contributed by atoms with Crippen molar-refractivity contribution in [3.8, 4) is 17.8 Å². The molecule has 5 heteroatoms. The van der Waals surface area contributed by atoms with E-state index >= 15 is 0 Å². The summed E-state index contributed by atoms with van der Waals surface area (Å²) in [6.45, 7) is 0.660. The zero-order valence-electron chi connectivity index (χ0n) is 12.2. The molecule has 22 heavy (non-hydrogen) atoms. The van der Waals surface area contributed by atoms with Crippen LogP contribution in [0, 0.1) is 17.9 Å². The molecule has 1 saturated heterocycles. The van der Waals surface area contributed by atoms with Crippen molar-refractivity contribution in [3.63, 3.8) is 0 Å². The minimum atomic E-state index is -0.272. The number of pyridine rings is 1. The van der Waals surface area contributed by atoms with Crippen LogP contribution in [0.3, 0.4) is 0 Å². The van der Waals surface area contributed by atoms with E-state index in [1.54, 1.807) is 12.3 Å². The van der Waals surface area contributed by atoms with Gasteiger partial charge in [-0.25, -0.2) is 0 Å². The van der Waals surface area contributed by atoms with E-state index in [9.17, 15) is 4.79 Å². The van der Waals surface area contributed by atoms with Gasteiger partial charge in [0, 0.05) is 30.1 Å². The van der Waals surface area contributed by atoms with E-state index in [-0.39, 0.29) is 17.9 Å². The Hall–Kier alpha value is -2.58. The fourth-order valence-electron chi connectivity index (χ4n) is 2.49. The molecule has 0 bridgehead atoms. The number of esters is 1. The molecule has 2 aromatic rings. The van der Waals surface area contributed by atoms with Gasteiger partial charge >= 0.3 is 5.97 Å². The summed E-state index contributed by atoms with van der Waals surface area (Å²) in [5.74, 6) is 3.56. The number of methoxy groups -OCH3 is 1. The number of carbonyl (C=O) groups excluding carboxylic acids is 1. The van der Waals surface area contributed by atoms with Gasteiger partial charge in [0.05, 0.1) is 12.6 Å². The largest absolute Gasteiger partial charge is 0.468 e. The molecule has 112 valence electrons. The van der Waals surface area contributed by atoms with Crippen LogP contribution in [0.25, 0.3) is 10.9 Å². The first-order chi connectivity index (χ1) is 10.8. The standard InChI is InChI=1S/C17H16N2O3/c1-21-17(20)15-10-12(11-19-15)7-9-22-16-6-8-18-14-5-3-2-4-13(14)16/h2-6,8,12,15,19H,10-11H2,1H3/t12?,15-/m0/s1. The highest BCUT2D eigenvalue weighted by atomic mass is 16.5. The molecule has 0 amide bonds. The van der Waals surface area contributed by atoms with Crippen molar-refractivity contribution < 1.29 is 14.3 Å². The van der Waals surface area contributed by atoms with Crippen molar-refractivity contribution in [2.45, 2.75) is 12.5 Å². The zero-order chi connectivity index (χ0) is 15.4. The Labute approximate surface area is 128 Å². The van der Waals surface area contributed by atoms with E-state index in [4.69, 9.17) is 9.47 Å². The van der Waals surface area contributed by atoms with Crippen molar-refractivity contribution in [2.75, 3.05) is 13.7 Å². The first-order valence-corrected chi connectivity index (χ1v) is 7.10. The Morgan fingerprint density at radius 1 is 1.36 bits per heavy atom. The Morgan fingerprint density at radius 3 is 3.09 bits per heavy atom. The van der Waals surface area contributed by atoms with Crippen molar-refractivity contribution in [1.82, 2.24) is 10.3 Å². The van der Waals surface area contributed by atoms with Gasteiger partial charge in [-0.3, -0.25) is 9.78 Å². The maximum atomic E-state index is 11.4. The highest BCUT2D eigenvalue weighted by molar-refractivity contribution is 5.84. The van der Waals surface area contributed by atoms with Crippen molar-refractivity contribution in [3.05, 3.63) is 36.5 Å². The number of nitrogens with zero attached hydrogens (tertiary/aromatic N) is 1. The summed E-state index contributed by atoms with van der Waals surface area (Å²) < 4.78 is 10.3. The van der Waals surface area contributed by atoms with Crippen molar-refractivity contribution >= 4 is 16.9 Å². The second-order valence-corrected chi connectivity index (χ2v) is 5.09. The predicted octanol–water partition coefficient (Wildman–Crippen LogP) is 1.73. The van der Waals surface area contributed by atoms with Gasteiger partial charge in [-0.15, -0.1) is 0 Å². The molecule has 1 unspecified atom stereocenters. The summed E-state index contributed by atoms with van der Waals surface area (Å²) in [5.41, 5.74) is 0.870. The third-order valence-electron chi connectivity index (χ3n) is 3.65.